The number of carbonyl (C=O) groups is 1. The number of benzene rings is 2. The predicted molar refractivity (Wildman–Crippen MR) is 114 cm³/mol. The van der Waals surface area contributed by atoms with Gasteiger partial charge in [0.2, 0.25) is 0 Å². The number of non-ortho nitro benzene ring substituents is 1. The second kappa shape index (κ2) is 10.2. The molecule has 2 aromatic carbocycles. The highest BCUT2D eigenvalue weighted by Crippen LogP contribution is 2.32. The number of nitrogens with zero attached hydrogens (tertiary/aromatic N) is 2. The van der Waals surface area contributed by atoms with E-state index in [0.717, 1.165) is 0 Å². The first-order valence-corrected chi connectivity index (χ1v) is 9.73. The molecule has 2 N–H and O–H groups in total. The highest BCUT2D eigenvalue weighted by molar-refractivity contribution is 14.1. The number of nitro groups is 1. The third kappa shape index (κ3) is 6.05. The number of nitro benzene ring substituents is 1. The lowest BCUT2D eigenvalue weighted by molar-refractivity contribution is -0.384. The molecular formula is C17H15BrIN3O6. The van der Waals surface area contributed by atoms with Gasteiger partial charge in [-0.3, -0.25) is 14.9 Å². The van der Waals surface area contributed by atoms with E-state index in [1.165, 1.54) is 24.4 Å². The summed E-state index contributed by atoms with van der Waals surface area (Å²) < 4.78 is 11.6. The Morgan fingerprint density at radius 1 is 1.36 bits per heavy atom. The molecule has 2 rings (SSSR count). The molecule has 0 aliphatic carbocycles. The molecule has 0 fully saturated rings. The van der Waals surface area contributed by atoms with E-state index in [9.17, 15) is 20.0 Å². The fraction of sp³-hybridized carbons (Fsp3) is 0.176. The highest BCUT2D eigenvalue weighted by Gasteiger charge is 2.11. The van der Waals surface area contributed by atoms with Gasteiger partial charge in [0.1, 0.15) is 5.75 Å². The Labute approximate surface area is 182 Å². The number of rotatable bonds is 8. The number of aromatic hydroxyl groups is 1. The number of ether oxygens (including phenoxy) is 2. The number of hydrazone groups is 1. The highest BCUT2D eigenvalue weighted by atomic mass is 127. The fourth-order valence-electron chi connectivity index (χ4n) is 2.01. The van der Waals surface area contributed by atoms with Gasteiger partial charge in [0.05, 0.1) is 25.8 Å². The van der Waals surface area contributed by atoms with Crippen LogP contribution in [-0.4, -0.2) is 35.4 Å². The third-order valence-corrected chi connectivity index (χ3v) is 4.68. The van der Waals surface area contributed by atoms with E-state index < -0.39 is 10.8 Å². The first-order chi connectivity index (χ1) is 13.3. The van der Waals surface area contributed by atoms with E-state index in [1.54, 1.807) is 19.1 Å². The summed E-state index contributed by atoms with van der Waals surface area (Å²) in [6.07, 6.45) is 1.41. The lowest BCUT2D eigenvalue weighted by atomic mass is 10.2. The molecule has 0 aromatic heterocycles. The number of hydrogen-bond acceptors (Lipinski definition) is 7. The van der Waals surface area contributed by atoms with Crippen molar-refractivity contribution < 1.29 is 24.3 Å². The maximum atomic E-state index is 11.8. The molecule has 0 atom stereocenters. The second-order valence-electron chi connectivity index (χ2n) is 5.24. The molecule has 28 heavy (non-hydrogen) atoms. The second-order valence-corrected chi connectivity index (χ2v) is 7.25. The van der Waals surface area contributed by atoms with Crippen LogP contribution >= 0.6 is 38.5 Å². The standard InChI is InChI=1S/C17H15BrIN3O6/c1-2-27-15-6-10(5-13(19)17(15)24)8-20-21-16(23)9-28-14-4-3-11(22(25)26)7-12(14)18/h3-8,24H,2,9H2,1H3,(H,21,23). The molecule has 0 saturated heterocycles. The quantitative estimate of drug-likeness (QED) is 0.219. The molecule has 0 unspecified atom stereocenters. The Morgan fingerprint density at radius 2 is 2.11 bits per heavy atom. The van der Waals surface area contributed by atoms with Gasteiger partial charge in [-0.2, -0.15) is 5.10 Å². The number of phenolic OH excluding ortho intramolecular Hbond substituents is 1. The van der Waals surface area contributed by atoms with Crippen LogP contribution in [0, 0.1) is 13.7 Å². The van der Waals surface area contributed by atoms with Crippen LogP contribution in [0.15, 0.2) is 39.9 Å². The summed E-state index contributed by atoms with van der Waals surface area (Å²) in [5, 5.41) is 24.5. The zero-order chi connectivity index (χ0) is 20.7. The minimum Gasteiger partial charge on any atom is -0.504 e. The van der Waals surface area contributed by atoms with E-state index in [-0.39, 0.29) is 18.0 Å². The molecule has 0 aliphatic rings. The van der Waals surface area contributed by atoms with E-state index >= 15 is 0 Å². The fourth-order valence-corrected chi connectivity index (χ4v) is 3.12. The van der Waals surface area contributed by atoms with Gasteiger partial charge in [0.15, 0.2) is 18.1 Å². The van der Waals surface area contributed by atoms with E-state index in [2.05, 4.69) is 26.5 Å². The normalized spacial score (nSPS) is 10.7. The van der Waals surface area contributed by atoms with Crippen LogP contribution in [0.25, 0.3) is 0 Å². The first kappa shape index (κ1) is 21.9. The van der Waals surface area contributed by atoms with Crippen molar-refractivity contribution in [1.82, 2.24) is 5.43 Å². The third-order valence-electron chi connectivity index (χ3n) is 3.24. The smallest absolute Gasteiger partial charge is 0.277 e. The number of nitrogens with one attached hydrogen (secondary N) is 1. The molecule has 11 heteroatoms. The average molecular weight is 564 g/mol. The zero-order valence-corrected chi connectivity index (χ0v) is 18.3. The molecule has 0 spiro atoms. The van der Waals surface area contributed by atoms with Crippen LogP contribution in [0.1, 0.15) is 12.5 Å². The van der Waals surface area contributed by atoms with Gasteiger partial charge in [0, 0.05) is 12.1 Å². The van der Waals surface area contributed by atoms with Crippen molar-refractivity contribution in [3.63, 3.8) is 0 Å². The van der Waals surface area contributed by atoms with Crippen LogP contribution in [0.5, 0.6) is 17.2 Å². The minimum absolute atomic E-state index is 0.0470. The number of halogens is 2. The Bertz CT molecular complexity index is 922. The molecule has 0 aliphatic heterocycles. The topological polar surface area (TPSA) is 123 Å². The van der Waals surface area contributed by atoms with Gasteiger partial charge in [0.25, 0.3) is 11.6 Å². The number of hydrogen-bond donors (Lipinski definition) is 2. The SMILES string of the molecule is CCOc1cc(C=NNC(=O)COc2ccc([N+](=O)[O-])cc2Br)cc(I)c1O. The first-order valence-electron chi connectivity index (χ1n) is 7.85. The van der Waals surface area contributed by atoms with Gasteiger partial charge in [-0.25, -0.2) is 5.43 Å². The molecule has 1 amide bonds. The molecule has 0 radical (unpaired) electrons. The van der Waals surface area contributed by atoms with Crippen LogP contribution in [-0.2, 0) is 4.79 Å². The molecule has 0 saturated carbocycles. The molecule has 0 heterocycles. The number of phenols is 1. The van der Waals surface area contributed by atoms with Gasteiger partial charge >= 0.3 is 0 Å². The molecular weight excluding hydrogens is 549 g/mol. The van der Waals surface area contributed by atoms with Crippen molar-refractivity contribution in [2.75, 3.05) is 13.2 Å². The van der Waals surface area contributed by atoms with Gasteiger partial charge in [-0.1, -0.05) is 0 Å². The lowest BCUT2D eigenvalue weighted by Crippen LogP contribution is -2.24. The monoisotopic (exact) mass is 563 g/mol. The van der Waals surface area contributed by atoms with Crippen molar-refractivity contribution in [3.8, 4) is 17.2 Å². The van der Waals surface area contributed by atoms with Gasteiger partial charge in [-0.05, 0) is 69.2 Å². The summed E-state index contributed by atoms with van der Waals surface area (Å²) >= 11 is 5.12. The van der Waals surface area contributed by atoms with Crippen LogP contribution < -0.4 is 14.9 Å². The van der Waals surface area contributed by atoms with Crippen molar-refractivity contribution in [2.24, 2.45) is 5.10 Å². The van der Waals surface area contributed by atoms with Crippen molar-refractivity contribution in [3.05, 3.63) is 54.1 Å². The lowest BCUT2D eigenvalue weighted by Gasteiger charge is -2.08. The van der Waals surface area contributed by atoms with Gasteiger partial charge in [-0.15, -0.1) is 0 Å². The van der Waals surface area contributed by atoms with Crippen LogP contribution in [0.3, 0.4) is 0 Å². The van der Waals surface area contributed by atoms with E-state index in [4.69, 9.17) is 9.47 Å². The summed E-state index contributed by atoms with van der Waals surface area (Å²) in [6.45, 7) is 1.87. The Balaban J connectivity index is 1.93. The molecule has 9 nitrogen and oxygen atoms in total. The van der Waals surface area contributed by atoms with E-state index in [1.807, 2.05) is 22.6 Å². The maximum Gasteiger partial charge on any atom is 0.277 e. The molecule has 0 bridgehead atoms. The minimum atomic E-state index is -0.530. The van der Waals surface area contributed by atoms with E-state index in [0.29, 0.717) is 31.7 Å². The average Bonchev–Trinajstić information content (AvgIpc) is 2.64. The summed E-state index contributed by atoms with van der Waals surface area (Å²) in [6, 6.07) is 7.23. The van der Waals surface area contributed by atoms with Gasteiger partial charge < -0.3 is 14.6 Å². The molecule has 2 aromatic rings. The number of amides is 1. The van der Waals surface area contributed by atoms with Crippen molar-refractivity contribution >= 4 is 56.3 Å². The Morgan fingerprint density at radius 3 is 2.75 bits per heavy atom. The summed E-state index contributed by atoms with van der Waals surface area (Å²) in [5.74, 6) is 0.151. The Kier molecular flexibility index (Phi) is 7.99. The number of carbonyl (C=O) groups excluding carboxylic acids is 1. The molecule has 148 valence electrons. The van der Waals surface area contributed by atoms with Crippen molar-refractivity contribution in [1.29, 1.82) is 0 Å². The zero-order valence-electron chi connectivity index (χ0n) is 14.5. The summed E-state index contributed by atoms with van der Waals surface area (Å²) in [5.41, 5.74) is 2.85. The van der Waals surface area contributed by atoms with Crippen molar-refractivity contribution in [2.45, 2.75) is 6.92 Å². The maximum absolute atomic E-state index is 11.8. The summed E-state index contributed by atoms with van der Waals surface area (Å²) in [7, 11) is 0. The largest absolute Gasteiger partial charge is 0.504 e. The predicted octanol–water partition coefficient (Wildman–Crippen LogP) is 3.60. The summed E-state index contributed by atoms with van der Waals surface area (Å²) in [4.78, 5) is 22.0. The Hall–Kier alpha value is -2.41. The van der Waals surface area contributed by atoms with Crippen LogP contribution in [0.4, 0.5) is 5.69 Å². The van der Waals surface area contributed by atoms with Crippen LogP contribution in [0.2, 0.25) is 0 Å².